The SMILES string of the molecule is C=C(NCC(C=Nc1ccccc1)=NN)OC(C)(C)C. The molecule has 0 atom stereocenters. The van der Waals surface area contributed by atoms with Crippen molar-refractivity contribution in [1.29, 1.82) is 0 Å². The molecule has 5 heteroatoms. The van der Waals surface area contributed by atoms with Crippen LogP contribution in [0.4, 0.5) is 5.69 Å². The van der Waals surface area contributed by atoms with Crippen molar-refractivity contribution in [3.05, 3.63) is 42.8 Å². The van der Waals surface area contributed by atoms with Crippen LogP contribution >= 0.6 is 0 Å². The summed E-state index contributed by atoms with van der Waals surface area (Å²) in [6.07, 6.45) is 1.62. The molecule has 0 amide bonds. The van der Waals surface area contributed by atoms with Gasteiger partial charge in [0.25, 0.3) is 0 Å². The summed E-state index contributed by atoms with van der Waals surface area (Å²) in [5, 5.41) is 6.69. The monoisotopic (exact) mass is 274 g/mol. The summed E-state index contributed by atoms with van der Waals surface area (Å²) in [5.41, 5.74) is 1.16. The highest BCUT2D eigenvalue weighted by Gasteiger charge is 2.12. The Kier molecular flexibility index (Phi) is 5.77. The van der Waals surface area contributed by atoms with E-state index in [9.17, 15) is 0 Å². The topological polar surface area (TPSA) is 72.0 Å². The van der Waals surface area contributed by atoms with Crippen molar-refractivity contribution >= 4 is 17.6 Å². The number of benzene rings is 1. The van der Waals surface area contributed by atoms with Gasteiger partial charge in [-0.15, -0.1) is 0 Å². The van der Waals surface area contributed by atoms with E-state index < -0.39 is 0 Å². The number of hydrogen-bond donors (Lipinski definition) is 2. The van der Waals surface area contributed by atoms with Crippen molar-refractivity contribution in [3.63, 3.8) is 0 Å². The molecule has 3 N–H and O–H groups in total. The number of hydrogen-bond acceptors (Lipinski definition) is 5. The molecule has 0 aliphatic carbocycles. The lowest BCUT2D eigenvalue weighted by Gasteiger charge is -2.23. The molecule has 1 aromatic rings. The lowest BCUT2D eigenvalue weighted by atomic mass is 10.2. The number of nitrogens with one attached hydrogen (secondary N) is 1. The zero-order valence-electron chi connectivity index (χ0n) is 12.3. The van der Waals surface area contributed by atoms with E-state index in [4.69, 9.17) is 10.6 Å². The van der Waals surface area contributed by atoms with Crippen LogP contribution in [0.1, 0.15) is 20.8 Å². The number of rotatable bonds is 6. The molecule has 20 heavy (non-hydrogen) atoms. The third-order valence-electron chi connectivity index (χ3n) is 2.18. The zero-order valence-corrected chi connectivity index (χ0v) is 12.3. The molecule has 1 rings (SSSR count). The fraction of sp³-hybridized carbons (Fsp3) is 0.333. The molecular formula is C15H22N4O. The summed E-state index contributed by atoms with van der Waals surface area (Å²) >= 11 is 0. The molecule has 0 heterocycles. The maximum Gasteiger partial charge on any atom is 0.180 e. The van der Waals surface area contributed by atoms with E-state index >= 15 is 0 Å². The first-order valence-corrected chi connectivity index (χ1v) is 6.38. The number of hydrazone groups is 1. The minimum absolute atomic E-state index is 0.289. The van der Waals surface area contributed by atoms with Crippen LogP contribution in [-0.4, -0.2) is 24.1 Å². The quantitative estimate of drug-likeness (QED) is 0.362. The smallest absolute Gasteiger partial charge is 0.180 e. The lowest BCUT2D eigenvalue weighted by Crippen LogP contribution is -2.29. The number of nitrogens with two attached hydrogens (primary N) is 1. The number of nitrogens with zero attached hydrogens (tertiary/aromatic N) is 2. The van der Waals surface area contributed by atoms with Crippen molar-refractivity contribution in [1.82, 2.24) is 5.32 Å². The predicted molar refractivity (Wildman–Crippen MR) is 84.2 cm³/mol. The van der Waals surface area contributed by atoms with Gasteiger partial charge in [-0.25, -0.2) is 0 Å². The molecule has 0 unspecified atom stereocenters. The van der Waals surface area contributed by atoms with Crippen molar-refractivity contribution < 1.29 is 4.74 Å². The maximum atomic E-state index is 5.55. The van der Waals surface area contributed by atoms with Crippen molar-refractivity contribution in [2.75, 3.05) is 6.54 Å². The molecule has 0 bridgehead atoms. The van der Waals surface area contributed by atoms with Gasteiger partial charge in [-0.3, -0.25) is 4.99 Å². The first-order chi connectivity index (χ1) is 9.40. The van der Waals surface area contributed by atoms with Crippen LogP contribution < -0.4 is 11.2 Å². The van der Waals surface area contributed by atoms with E-state index in [1.807, 2.05) is 51.1 Å². The summed E-state index contributed by atoms with van der Waals surface area (Å²) in [6, 6.07) is 9.58. The summed E-state index contributed by atoms with van der Waals surface area (Å²) in [6.45, 7) is 10.1. The van der Waals surface area contributed by atoms with Gasteiger partial charge in [-0.05, 0) is 39.5 Å². The highest BCUT2D eigenvalue weighted by atomic mass is 16.5. The van der Waals surface area contributed by atoms with Crippen LogP contribution in [0.3, 0.4) is 0 Å². The van der Waals surface area contributed by atoms with Gasteiger partial charge in [0.05, 0.1) is 24.2 Å². The summed E-state index contributed by atoms with van der Waals surface area (Å²) in [4.78, 5) is 4.28. The van der Waals surface area contributed by atoms with Crippen LogP contribution in [-0.2, 0) is 4.74 Å². The molecule has 0 saturated carbocycles. The third kappa shape index (κ3) is 6.58. The standard InChI is InChI=1S/C15H22N4O/c1-12(20-15(2,3)4)17-10-14(19-16)11-18-13-8-6-5-7-9-13/h5-9,11,17H,1,10,16H2,2-4H3. The Hall–Kier alpha value is -2.30. The number of para-hydroxylation sites is 1. The lowest BCUT2D eigenvalue weighted by molar-refractivity contribution is 0.0428. The molecule has 0 aromatic heterocycles. The summed E-state index contributed by atoms with van der Waals surface area (Å²) < 4.78 is 5.55. The summed E-state index contributed by atoms with van der Waals surface area (Å²) in [5.74, 6) is 5.82. The molecule has 0 fully saturated rings. The minimum atomic E-state index is -0.289. The fourth-order valence-electron chi connectivity index (χ4n) is 1.38. The van der Waals surface area contributed by atoms with Crippen LogP contribution in [0.2, 0.25) is 0 Å². The van der Waals surface area contributed by atoms with Crippen LogP contribution in [0.15, 0.2) is 52.9 Å². The molecule has 0 radical (unpaired) electrons. The molecule has 1 aromatic carbocycles. The molecule has 0 aliphatic heterocycles. The van der Waals surface area contributed by atoms with E-state index in [0.29, 0.717) is 18.1 Å². The first kappa shape index (κ1) is 15.8. The van der Waals surface area contributed by atoms with Gasteiger partial charge < -0.3 is 15.9 Å². The van der Waals surface area contributed by atoms with Gasteiger partial charge in [-0.1, -0.05) is 18.2 Å². The van der Waals surface area contributed by atoms with Gasteiger partial charge in [0.15, 0.2) is 5.88 Å². The maximum absolute atomic E-state index is 5.55. The molecule has 5 nitrogen and oxygen atoms in total. The van der Waals surface area contributed by atoms with Crippen LogP contribution in [0, 0.1) is 0 Å². The Morgan fingerprint density at radius 1 is 1.35 bits per heavy atom. The third-order valence-corrected chi connectivity index (χ3v) is 2.18. The Labute approximate surface area is 120 Å². The molecular weight excluding hydrogens is 252 g/mol. The molecule has 0 aliphatic rings. The largest absolute Gasteiger partial charge is 0.474 e. The summed E-state index contributed by atoms with van der Waals surface area (Å²) in [7, 11) is 0. The van der Waals surface area contributed by atoms with E-state index in [2.05, 4.69) is 22.0 Å². The minimum Gasteiger partial charge on any atom is -0.474 e. The second-order valence-electron chi connectivity index (χ2n) is 5.21. The van der Waals surface area contributed by atoms with E-state index in [-0.39, 0.29) is 5.60 Å². The Bertz CT molecular complexity index is 486. The fourth-order valence-corrected chi connectivity index (χ4v) is 1.38. The average Bonchev–Trinajstić information content (AvgIpc) is 2.38. The Morgan fingerprint density at radius 3 is 2.55 bits per heavy atom. The van der Waals surface area contributed by atoms with Crippen LogP contribution in [0.25, 0.3) is 0 Å². The highest BCUT2D eigenvalue weighted by molar-refractivity contribution is 6.32. The van der Waals surface area contributed by atoms with E-state index in [0.717, 1.165) is 5.69 Å². The zero-order chi connectivity index (χ0) is 15.0. The van der Waals surface area contributed by atoms with Gasteiger partial charge in [0, 0.05) is 0 Å². The molecule has 108 valence electrons. The highest BCUT2D eigenvalue weighted by Crippen LogP contribution is 2.10. The van der Waals surface area contributed by atoms with Gasteiger partial charge in [0.1, 0.15) is 5.60 Å². The first-order valence-electron chi connectivity index (χ1n) is 6.38. The van der Waals surface area contributed by atoms with Gasteiger partial charge in [0.2, 0.25) is 0 Å². The van der Waals surface area contributed by atoms with Gasteiger partial charge >= 0.3 is 0 Å². The Balaban J connectivity index is 2.49. The van der Waals surface area contributed by atoms with E-state index in [1.165, 1.54) is 0 Å². The van der Waals surface area contributed by atoms with E-state index in [1.54, 1.807) is 6.21 Å². The van der Waals surface area contributed by atoms with Crippen molar-refractivity contribution in [2.45, 2.75) is 26.4 Å². The average molecular weight is 274 g/mol. The molecule has 0 spiro atoms. The second kappa shape index (κ2) is 7.33. The van der Waals surface area contributed by atoms with Gasteiger partial charge in [-0.2, -0.15) is 5.10 Å². The Morgan fingerprint density at radius 2 is 2.00 bits per heavy atom. The van der Waals surface area contributed by atoms with Crippen LogP contribution in [0.5, 0.6) is 0 Å². The van der Waals surface area contributed by atoms with Crippen molar-refractivity contribution in [2.24, 2.45) is 15.9 Å². The van der Waals surface area contributed by atoms with Crippen molar-refractivity contribution in [3.8, 4) is 0 Å². The predicted octanol–water partition coefficient (Wildman–Crippen LogP) is 2.58. The second-order valence-corrected chi connectivity index (χ2v) is 5.21. The number of ether oxygens (including phenoxy) is 1. The number of aliphatic imine (C=N–C) groups is 1. The normalized spacial score (nSPS) is 12.4. The molecule has 0 saturated heterocycles.